The number of aromatic amines is 1. The zero-order chi connectivity index (χ0) is 15.3. The summed E-state index contributed by atoms with van der Waals surface area (Å²) in [6.07, 6.45) is 8.92. The van der Waals surface area contributed by atoms with Crippen molar-refractivity contribution in [1.29, 1.82) is 0 Å². The minimum Gasteiger partial charge on any atom is -0.469 e. The maximum atomic E-state index is 6.38. The highest BCUT2D eigenvalue weighted by molar-refractivity contribution is 5.49. The van der Waals surface area contributed by atoms with Crippen molar-refractivity contribution < 1.29 is 4.74 Å². The molecule has 6 rings (SSSR count). The Morgan fingerprint density at radius 2 is 2.26 bits per heavy atom. The summed E-state index contributed by atoms with van der Waals surface area (Å²) in [5.41, 5.74) is 3.33. The summed E-state index contributed by atoms with van der Waals surface area (Å²) in [6.45, 7) is 4.25. The molecule has 0 aliphatic carbocycles. The van der Waals surface area contributed by atoms with Crippen molar-refractivity contribution in [2.75, 3.05) is 25.0 Å². The fraction of sp³-hybridized carbons (Fsp3) is 0.529. The normalized spacial score (nSPS) is 31.1. The molecule has 23 heavy (non-hydrogen) atoms. The van der Waals surface area contributed by atoms with E-state index in [2.05, 4.69) is 31.2 Å². The van der Waals surface area contributed by atoms with Crippen LogP contribution in [0.3, 0.4) is 0 Å². The number of nitrogens with one attached hydrogen (secondary N) is 2. The molecule has 6 heteroatoms. The fourth-order valence-corrected chi connectivity index (χ4v) is 4.38. The van der Waals surface area contributed by atoms with E-state index in [4.69, 9.17) is 4.74 Å². The smallest absolute Gasteiger partial charge is 0.217 e. The van der Waals surface area contributed by atoms with Crippen LogP contribution in [-0.4, -0.2) is 45.1 Å². The molecule has 2 aromatic rings. The first-order valence-corrected chi connectivity index (χ1v) is 8.42. The lowest BCUT2D eigenvalue weighted by Crippen LogP contribution is -2.61. The van der Waals surface area contributed by atoms with Gasteiger partial charge in [-0.3, -0.25) is 4.90 Å². The van der Waals surface area contributed by atoms with Gasteiger partial charge in [-0.05, 0) is 32.0 Å². The zero-order valence-corrected chi connectivity index (χ0v) is 13.1. The predicted molar refractivity (Wildman–Crippen MR) is 86.4 cm³/mol. The van der Waals surface area contributed by atoms with Crippen molar-refractivity contribution in [2.24, 2.45) is 5.92 Å². The molecular weight excluding hydrogens is 290 g/mol. The van der Waals surface area contributed by atoms with E-state index >= 15 is 0 Å². The lowest BCUT2D eigenvalue weighted by Gasteiger charge is -2.50. The molecule has 6 nitrogen and oxygen atoms in total. The molecular formula is C17H21N5O. The van der Waals surface area contributed by atoms with E-state index in [1.54, 1.807) is 6.33 Å². The Labute approximate surface area is 135 Å². The topological polar surface area (TPSA) is 66.1 Å². The summed E-state index contributed by atoms with van der Waals surface area (Å²) in [5.74, 6) is 1.52. The Hall–Kier alpha value is -2.08. The molecule has 0 aromatic carbocycles. The third-order valence-electron chi connectivity index (χ3n) is 5.58. The third-order valence-corrected chi connectivity index (χ3v) is 5.58. The predicted octanol–water partition coefficient (Wildman–Crippen LogP) is 1.82. The Balaban J connectivity index is 1.34. The summed E-state index contributed by atoms with van der Waals surface area (Å²) < 4.78 is 6.38. The van der Waals surface area contributed by atoms with Gasteiger partial charge < -0.3 is 15.0 Å². The highest BCUT2D eigenvalue weighted by Crippen LogP contribution is 2.46. The first-order chi connectivity index (χ1) is 11.3. The standard InChI is InChI=1S/C17H21N5O/c1-3-22-4-2-13(1)17(10-22)6-12-5-14(8-20-16(12)23-17)19-9-15-7-18-11-21-15/h5,7-8,11,13,19H,1-4,6,9-10H2,(H,18,21)/t17-/m0/s1. The molecule has 1 spiro atoms. The van der Waals surface area contributed by atoms with Gasteiger partial charge in [-0.1, -0.05) is 0 Å². The lowest BCUT2D eigenvalue weighted by atomic mass is 9.73. The van der Waals surface area contributed by atoms with Gasteiger partial charge in [0.1, 0.15) is 5.60 Å². The maximum absolute atomic E-state index is 6.38. The minimum atomic E-state index is -0.0200. The van der Waals surface area contributed by atoms with Gasteiger partial charge in [0, 0.05) is 30.6 Å². The van der Waals surface area contributed by atoms with Crippen LogP contribution in [0.15, 0.2) is 24.8 Å². The first kappa shape index (κ1) is 13.4. The molecule has 0 saturated carbocycles. The van der Waals surface area contributed by atoms with Crippen LogP contribution in [-0.2, 0) is 13.0 Å². The zero-order valence-electron chi connectivity index (χ0n) is 13.1. The molecule has 0 amide bonds. The number of rotatable bonds is 3. The van der Waals surface area contributed by atoms with Crippen molar-refractivity contribution in [3.8, 4) is 5.88 Å². The summed E-state index contributed by atoms with van der Waals surface area (Å²) in [7, 11) is 0. The number of hydrogen-bond donors (Lipinski definition) is 2. The van der Waals surface area contributed by atoms with E-state index < -0.39 is 0 Å². The number of piperidine rings is 3. The molecule has 1 atom stereocenters. The fourth-order valence-electron chi connectivity index (χ4n) is 4.38. The van der Waals surface area contributed by atoms with Crippen LogP contribution in [0.25, 0.3) is 0 Å². The monoisotopic (exact) mass is 311 g/mol. The van der Waals surface area contributed by atoms with E-state index in [0.29, 0.717) is 5.92 Å². The van der Waals surface area contributed by atoms with Gasteiger partial charge in [0.05, 0.1) is 30.5 Å². The van der Waals surface area contributed by atoms with Gasteiger partial charge in [0.25, 0.3) is 0 Å². The molecule has 6 heterocycles. The van der Waals surface area contributed by atoms with Gasteiger partial charge in [-0.2, -0.15) is 0 Å². The van der Waals surface area contributed by atoms with Crippen LogP contribution in [0.5, 0.6) is 5.88 Å². The molecule has 120 valence electrons. The van der Waals surface area contributed by atoms with Crippen molar-refractivity contribution >= 4 is 5.69 Å². The van der Waals surface area contributed by atoms with Gasteiger partial charge >= 0.3 is 0 Å². The van der Waals surface area contributed by atoms with E-state index in [9.17, 15) is 0 Å². The minimum absolute atomic E-state index is 0.0200. The molecule has 3 fully saturated rings. The summed E-state index contributed by atoms with van der Waals surface area (Å²) in [5, 5.41) is 3.40. The molecule has 4 aliphatic rings. The second-order valence-electron chi connectivity index (χ2n) is 7.01. The Kier molecular flexibility index (Phi) is 2.88. The summed E-state index contributed by atoms with van der Waals surface area (Å²) >= 11 is 0. The van der Waals surface area contributed by atoms with Crippen LogP contribution in [0.4, 0.5) is 5.69 Å². The number of fused-ring (bicyclic) bond motifs is 3. The van der Waals surface area contributed by atoms with Crippen molar-refractivity contribution in [3.05, 3.63) is 36.0 Å². The average molecular weight is 311 g/mol. The third kappa shape index (κ3) is 2.20. The number of nitrogens with zero attached hydrogens (tertiary/aromatic N) is 3. The molecule has 2 aromatic heterocycles. The van der Waals surface area contributed by atoms with Crippen LogP contribution in [0.2, 0.25) is 0 Å². The van der Waals surface area contributed by atoms with Crippen LogP contribution in [0.1, 0.15) is 24.1 Å². The summed E-state index contributed by atoms with van der Waals surface area (Å²) in [6, 6.07) is 2.20. The molecule has 3 saturated heterocycles. The van der Waals surface area contributed by atoms with Crippen LogP contribution < -0.4 is 10.1 Å². The molecule has 2 bridgehead atoms. The highest BCUT2D eigenvalue weighted by Gasteiger charge is 2.52. The quantitative estimate of drug-likeness (QED) is 0.905. The lowest BCUT2D eigenvalue weighted by molar-refractivity contribution is -0.0814. The van der Waals surface area contributed by atoms with E-state index in [1.165, 1.54) is 31.5 Å². The van der Waals surface area contributed by atoms with Crippen LogP contribution in [0, 0.1) is 5.92 Å². The number of pyridine rings is 1. The van der Waals surface area contributed by atoms with Gasteiger partial charge in [-0.15, -0.1) is 0 Å². The molecule has 2 N–H and O–H groups in total. The molecule has 0 unspecified atom stereocenters. The highest BCUT2D eigenvalue weighted by atomic mass is 16.5. The number of aromatic nitrogens is 3. The molecule has 0 radical (unpaired) electrons. The van der Waals surface area contributed by atoms with Crippen LogP contribution >= 0.6 is 0 Å². The van der Waals surface area contributed by atoms with E-state index in [-0.39, 0.29) is 5.60 Å². The average Bonchev–Trinajstić information content (AvgIpc) is 3.20. The number of H-pyrrole nitrogens is 1. The second kappa shape index (κ2) is 4.96. The van der Waals surface area contributed by atoms with Crippen molar-refractivity contribution in [3.63, 3.8) is 0 Å². The van der Waals surface area contributed by atoms with Crippen molar-refractivity contribution in [2.45, 2.75) is 31.4 Å². The molecule has 4 aliphatic heterocycles. The summed E-state index contributed by atoms with van der Waals surface area (Å²) in [4.78, 5) is 14.2. The Bertz CT molecular complexity index is 708. The number of anilines is 1. The number of imidazole rings is 1. The number of hydrogen-bond acceptors (Lipinski definition) is 5. The van der Waals surface area contributed by atoms with Crippen molar-refractivity contribution in [1.82, 2.24) is 19.9 Å². The Morgan fingerprint density at radius 1 is 1.35 bits per heavy atom. The maximum Gasteiger partial charge on any atom is 0.217 e. The Morgan fingerprint density at radius 3 is 3.00 bits per heavy atom. The van der Waals surface area contributed by atoms with E-state index in [0.717, 1.165) is 36.8 Å². The first-order valence-electron chi connectivity index (χ1n) is 8.42. The van der Waals surface area contributed by atoms with Gasteiger partial charge in [-0.25, -0.2) is 9.97 Å². The van der Waals surface area contributed by atoms with Gasteiger partial charge in [0.15, 0.2) is 0 Å². The van der Waals surface area contributed by atoms with Gasteiger partial charge in [0.2, 0.25) is 5.88 Å². The van der Waals surface area contributed by atoms with E-state index in [1.807, 2.05) is 12.4 Å². The number of ether oxygens (including phenoxy) is 1. The second-order valence-corrected chi connectivity index (χ2v) is 7.01. The SMILES string of the molecule is c1ncc(CNc2cnc3c(c2)C[C@@]2(CN4CCC2CC4)O3)[nH]1. The largest absolute Gasteiger partial charge is 0.469 e.